The van der Waals surface area contributed by atoms with Crippen molar-refractivity contribution in [2.24, 2.45) is 0 Å². The van der Waals surface area contributed by atoms with Gasteiger partial charge in [0.15, 0.2) is 5.69 Å². The van der Waals surface area contributed by atoms with E-state index in [1.165, 1.54) is 0 Å². The van der Waals surface area contributed by atoms with Gasteiger partial charge in [-0.1, -0.05) is 0 Å². The lowest BCUT2D eigenvalue weighted by Crippen LogP contribution is -2.05. The Morgan fingerprint density at radius 2 is 2.19 bits per heavy atom. The topological polar surface area (TPSA) is 95.0 Å². The highest BCUT2D eigenvalue weighted by Gasteiger charge is 2.01. The van der Waals surface area contributed by atoms with Gasteiger partial charge in [0.05, 0.1) is 5.69 Å². The number of nitrogens with two attached hydrogens (primary N) is 1. The molecular weight excluding hydrogens is 204 g/mol. The Hall–Kier alpha value is -1.80. The summed E-state index contributed by atoms with van der Waals surface area (Å²) < 4.78 is 0. The second-order valence-corrected chi connectivity index (χ2v) is 3.46. The van der Waals surface area contributed by atoms with Crippen LogP contribution in [0.15, 0.2) is 12.1 Å². The van der Waals surface area contributed by atoms with Crippen LogP contribution in [0, 0.1) is 11.3 Å². The number of nitrogens with one attached hydrogen (secondary N) is 1. The normalized spacial score (nSPS) is 9.75. The molecule has 0 radical (unpaired) electrons. The maximum absolute atomic E-state index is 8.74. The summed E-state index contributed by atoms with van der Waals surface area (Å²) in [7, 11) is 0. The zero-order chi connectivity index (χ0) is 11.8. The maximum atomic E-state index is 8.74. The van der Waals surface area contributed by atoms with Gasteiger partial charge in [0.1, 0.15) is 11.9 Å². The summed E-state index contributed by atoms with van der Waals surface area (Å²) in [5.41, 5.74) is 6.20. The van der Waals surface area contributed by atoms with Crippen LogP contribution in [-0.4, -0.2) is 23.2 Å². The van der Waals surface area contributed by atoms with E-state index in [9.17, 15) is 0 Å². The van der Waals surface area contributed by atoms with E-state index in [0.717, 1.165) is 25.8 Å². The van der Waals surface area contributed by atoms with Crippen LogP contribution < -0.4 is 11.1 Å². The van der Waals surface area contributed by atoms with Crippen molar-refractivity contribution in [3.8, 4) is 6.07 Å². The molecule has 0 saturated heterocycles. The zero-order valence-corrected chi connectivity index (χ0v) is 9.11. The van der Waals surface area contributed by atoms with Crippen LogP contribution in [0.4, 0.5) is 11.5 Å². The molecule has 0 atom stereocenters. The first-order chi connectivity index (χ1) is 7.77. The van der Waals surface area contributed by atoms with Gasteiger partial charge in [-0.15, -0.1) is 0 Å². The molecule has 5 nitrogen and oxygen atoms in total. The Morgan fingerprint density at radius 1 is 1.38 bits per heavy atom. The van der Waals surface area contributed by atoms with Crippen LogP contribution in [-0.2, 0) is 0 Å². The minimum Gasteiger partial charge on any atom is -0.396 e. The van der Waals surface area contributed by atoms with Crippen molar-refractivity contribution in [1.82, 2.24) is 4.98 Å². The third-order valence-electron chi connectivity index (χ3n) is 2.17. The summed E-state index contributed by atoms with van der Waals surface area (Å²) in [5.74, 6) is 0.662. The Labute approximate surface area is 94.9 Å². The summed E-state index contributed by atoms with van der Waals surface area (Å²) in [6, 6.07) is 5.36. The molecule has 0 bridgehead atoms. The molecule has 1 heterocycles. The highest BCUT2D eigenvalue weighted by Crippen LogP contribution is 2.12. The van der Waals surface area contributed by atoms with E-state index in [0.29, 0.717) is 11.5 Å². The van der Waals surface area contributed by atoms with Crippen LogP contribution >= 0.6 is 0 Å². The molecule has 1 aromatic heterocycles. The Kier molecular flexibility index (Phi) is 5.09. The third-order valence-corrected chi connectivity index (χ3v) is 2.17. The van der Waals surface area contributed by atoms with Gasteiger partial charge in [-0.25, -0.2) is 4.98 Å². The molecule has 16 heavy (non-hydrogen) atoms. The van der Waals surface area contributed by atoms with Crippen molar-refractivity contribution < 1.29 is 5.11 Å². The predicted molar refractivity (Wildman–Crippen MR) is 62.8 cm³/mol. The van der Waals surface area contributed by atoms with Gasteiger partial charge in [0.25, 0.3) is 0 Å². The molecule has 1 rings (SSSR count). The molecule has 0 aromatic carbocycles. The molecule has 0 saturated carbocycles. The van der Waals surface area contributed by atoms with Crippen molar-refractivity contribution in [3.63, 3.8) is 0 Å². The standard InChI is InChI=1S/C11H16N4O/c12-8-10-9(13)4-5-11(15-10)14-6-2-1-3-7-16/h4-5,16H,1-3,6-7,13H2,(H,14,15). The fourth-order valence-corrected chi connectivity index (χ4v) is 1.29. The number of aliphatic hydroxyl groups excluding tert-OH is 1. The zero-order valence-electron chi connectivity index (χ0n) is 9.11. The van der Waals surface area contributed by atoms with E-state index in [2.05, 4.69) is 10.3 Å². The molecule has 0 aliphatic rings. The van der Waals surface area contributed by atoms with Gasteiger partial charge in [-0.2, -0.15) is 5.26 Å². The van der Waals surface area contributed by atoms with E-state index in [4.69, 9.17) is 16.1 Å². The van der Waals surface area contributed by atoms with Gasteiger partial charge in [0, 0.05) is 13.2 Å². The fourth-order valence-electron chi connectivity index (χ4n) is 1.29. The highest BCUT2D eigenvalue weighted by molar-refractivity contribution is 5.54. The van der Waals surface area contributed by atoms with Crippen LogP contribution in [0.2, 0.25) is 0 Å². The lowest BCUT2D eigenvalue weighted by molar-refractivity contribution is 0.283. The summed E-state index contributed by atoms with van der Waals surface area (Å²) in [6.45, 7) is 1.01. The lowest BCUT2D eigenvalue weighted by Gasteiger charge is -2.06. The van der Waals surface area contributed by atoms with Crippen molar-refractivity contribution in [3.05, 3.63) is 17.8 Å². The van der Waals surface area contributed by atoms with Gasteiger partial charge in [-0.3, -0.25) is 0 Å². The lowest BCUT2D eigenvalue weighted by atomic mass is 10.2. The number of nitriles is 1. The number of nitrogen functional groups attached to an aromatic ring is 1. The number of anilines is 2. The SMILES string of the molecule is N#Cc1nc(NCCCCCO)ccc1N. The first-order valence-corrected chi connectivity index (χ1v) is 5.29. The summed E-state index contributed by atoms with van der Waals surface area (Å²) >= 11 is 0. The average molecular weight is 220 g/mol. The van der Waals surface area contributed by atoms with Crippen LogP contribution in [0.1, 0.15) is 25.0 Å². The monoisotopic (exact) mass is 220 g/mol. The average Bonchev–Trinajstić information content (AvgIpc) is 2.31. The number of rotatable bonds is 6. The van der Waals surface area contributed by atoms with Crippen LogP contribution in [0.5, 0.6) is 0 Å². The molecular formula is C11H16N4O. The van der Waals surface area contributed by atoms with E-state index < -0.39 is 0 Å². The summed E-state index contributed by atoms with van der Waals surface area (Å²) in [4.78, 5) is 4.06. The minimum atomic E-state index is 0.235. The van der Waals surface area contributed by atoms with Crippen LogP contribution in [0.3, 0.4) is 0 Å². The quantitative estimate of drug-likeness (QED) is 0.624. The molecule has 5 heteroatoms. The first kappa shape index (κ1) is 12.3. The Bertz CT molecular complexity index is 373. The molecule has 0 fully saturated rings. The number of aromatic nitrogens is 1. The number of hydrogen-bond donors (Lipinski definition) is 3. The van der Waals surface area contributed by atoms with Crippen molar-refractivity contribution in [2.45, 2.75) is 19.3 Å². The number of hydrogen-bond acceptors (Lipinski definition) is 5. The number of nitrogens with zero attached hydrogens (tertiary/aromatic N) is 2. The maximum Gasteiger partial charge on any atom is 0.165 e. The van der Waals surface area contributed by atoms with E-state index in [1.807, 2.05) is 6.07 Å². The van der Waals surface area contributed by atoms with Gasteiger partial charge < -0.3 is 16.2 Å². The van der Waals surface area contributed by atoms with Gasteiger partial charge in [-0.05, 0) is 31.4 Å². The molecule has 0 aliphatic heterocycles. The molecule has 86 valence electrons. The van der Waals surface area contributed by atoms with Crippen LogP contribution in [0.25, 0.3) is 0 Å². The predicted octanol–water partition coefficient (Wildman–Crippen LogP) is 1.11. The molecule has 4 N–H and O–H groups in total. The summed E-state index contributed by atoms with van der Waals surface area (Å²) in [5, 5.41) is 20.4. The largest absolute Gasteiger partial charge is 0.396 e. The Balaban J connectivity index is 2.40. The van der Waals surface area contributed by atoms with Gasteiger partial charge in [0.2, 0.25) is 0 Å². The van der Waals surface area contributed by atoms with E-state index >= 15 is 0 Å². The van der Waals surface area contributed by atoms with E-state index in [1.54, 1.807) is 12.1 Å². The number of unbranched alkanes of at least 4 members (excludes halogenated alkanes) is 2. The van der Waals surface area contributed by atoms with Crippen molar-refractivity contribution in [1.29, 1.82) is 5.26 Å². The van der Waals surface area contributed by atoms with Gasteiger partial charge >= 0.3 is 0 Å². The minimum absolute atomic E-state index is 0.235. The first-order valence-electron chi connectivity index (χ1n) is 5.29. The fraction of sp³-hybridized carbons (Fsp3) is 0.455. The second kappa shape index (κ2) is 6.64. The van der Waals surface area contributed by atoms with Crippen molar-refractivity contribution in [2.75, 3.05) is 24.2 Å². The molecule has 1 aromatic rings. The summed E-state index contributed by atoms with van der Waals surface area (Å²) in [6.07, 6.45) is 2.76. The second-order valence-electron chi connectivity index (χ2n) is 3.46. The third kappa shape index (κ3) is 3.75. The highest BCUT2D eigenvalue weighted by atomic mass is 16.2. The smallest absolute Gasteiger partial charge is 0.165 e. The van der Waals surface area contributed by atoms with Crippen molar-refractivity contribution >= 4 is 11.5 Å². The van der Waals surface area contributed by atoms with E-state index in [-0.39, 0.29) is 12.3 Å². The molecule has 0 spiro atoms. The molecule has 0 aliphatic carbocycles. The Morgan fingerprint density at radius 3 is 2.88 bits per heavy atom. The number of pyridine rings is 1. The molecule has 0 unspecified atom stereocenters. The molecule has 0 amide bonds. The number of aliphatic hydroxyl groups is 1.